The molecule has 4 rings (SSSR count). The smallest absolute Gasteiger partial charge is 0.449 e. The highest BCUT2D eigenvalue weighted by Gasteiger charge is 2.65. The fourth-order valence-electron chi connectivity index (χ4n) is 3.43. The Balaban J connectivity index is 1.73. The van der Waals surface area contributed by atoms with Gasteiger partial charge in [0, 0.05) is 11.6 Å². The lowest BCUT2D eigenvalue weighted by atomic mass is 9.92. The predicted octanol–water partition coefficient (Wildman–Crippen LogP) is 3.26. The summed E-state index contributed by atoms with van der Waals surface area (Å²) in [5.74, 6) is -0.313. The Hall–Kier alpha value is -2.89. The summed E-state index contributed by atoms with van der Waals surface area (Å²) < 4.78 is 17.8. The van der Waals surface area contributed by atoms with Crippen molar-refractivity contribution in [2.45, 2.75) is 17.8 Å². The van der Waals surface area contributed by atoms with Crippen molar-refractivity contribution in [1.29, 1.82) is 0 Å². The van der Waals surface area contributed by atoms with Crippen LogP contribution in [0.4, 0.5) is 14.9 Å². The maximum Gasteiger partial charge on any atom is 0.511 e. The molecule has 1 saturated carbocycles. The lowest BCUT2D eigenvalue weighted by molar-refractivity contribution is -0.118. The first-order valence-corrected chi connectivity index (χ1v) is 7.13. The molecule has 2 atom stereocenters. The summed E-state index contributed by atoms with van der Waals surface area (Å²) in [7, 11) is 0. The van der Waals surface area contributed by atoms with E-state index in [2.05, 4.69) is 10.1 Å². The monoisotopic (exact) mass is 313 g/mol. The maximum absolute atomic E-state index is 13.1. The van der Waals surface area contributed by atoms with Crippen LogP contribution in [-0.2, 0) is 10.2 Å². The zero-order chi connectivity index (χ0) is 16.2. The summed E-state index contributed by atoms with van der Waals surface area (Å²) in [4.78, 5) is 23.1. The standard InChI is InChI=1S/C17H12FNO4/c18-10-3-1-9(2-4-10)13-8-17(13)12-7-11(23-16(21)22)5-6-14(12)19-15(17)20/h1-7,13H,8H2,(H,19,20)(H,21,22)/t13-,17-/m0/s1. The second kappa shape index (κ2) is 4.55. The normalized spacial score (nSPS) is 24.2. The van der Waals surface area contributed by atoms with E-state index in [0.29, 0.717) is 12.1 Å². The quantitative estimate of drug-likeness (QED) is 0.659. The molecule has 2 N–H and O–H groups in total. The van der Waals surface area contributed by atoms with E-state index in [-0.39, 0.29) is 23.4 Å². The van der Waals surface area contributed by atoms with E-state index in [1.807, 2.05) is 0 Å². The molecule has 2 aromatic rings. The summed E-state index contributed by atoms with van der Waals surface area (Å²) in [5, 5.41) is 11.6. The number of ether oxygens (including phenoxy) is 1. The summed E-state index contributed by atoms with van der Waals surface area (Å²) in [6.07, 6.45) is -0.796. The molecule has 1 aliphatic carbocycles. The van der Waals surface area contributed by atoms with Gasteiger partial charge in [0.2, 0.25) is 5.91 Å². The van der Waals surface area contributed by atoms with E-state index >= 15 is 0 Å². The molecule has 0 saturated heterocycles. The lowest BCUT2D eigenvalue weighted by Gasteiger charge is -2.10. The third-order valence-electron chi connectivity index (χ3n) is 4.56. The van der Waals surface area contributed by atoms with Gasteiger partial charge in [-0.15, -0.1) is 0 Å². The van der Waals surface area contributed by atoms with Gasteiger partial charge in [-0.25, -0.2) is 9.18 Å². The molecule has 0 aromatic heterocycles. The second-order valence-electron chi connectivity index (χ2n) is 5.81. The van der Waals surface area contributed by atoms with Gasteiger partial charge in [-0.05, 0) is 47.9 Å². The van der Waals surface area contributed by atoms with Gasteiger partial charge in [0.05, 0.1) is 5.41 Å². The molecule has 0 radical (unpaired) electrons. The Morgan fingerprint density at radius 2 is 2.00 bits per heavy atom. The first kappa shape index (κ1) is 13.8. The molecule has 6 heteroatoms. The number of carboxylic acid groups (broad SMARTS) is 1. The molecule has 1 spiro atoms. The van der Waals surface area contributed by atoms with E-state index in [0.717, 1.165) is 11.1 Å². The SMILES string of the molecule is O=C(O)Oc1ccc2c(c1)[C@]1(C[C@H]1c1ccc(F)cc1)C(=O)N2. The minimum atomic E-state index is -1.40. The predicted molar refractivity (Wildman–Crippen MR) is 79.2 cm³/mol. The van der Waals surface area contributed by atoms with Gasteiger partial charge in [-0.1, -0.05) is 12.1 Å². The molecule has 0 unspecified atom stereocenters. The van der Waals surface area contributed by atoms with Gasteiger partial charge in [-0.3, -0.25) is 4.79 Å². The zero-order valence-electron chi connectivity index (χ0n) is 11.9. The highest BCUT2D eigenvalue weighted by molar-refractivity contribution is 6.10. The number of rotatable bonds is 2. The highest BCUT2D eigenvalue weighted by atomic mass is 19.1. The first-order valence-electron chi connectivity index (χ1n) is 7.13. The topological polar surface area (TPSA) is 75.6 Å². The number of carbonyl (C=O) groups is 2. The number of halogens is 1. The maximum atomic E-state index is 13.1. The van der Waals surface area contributed by atoms with E-state index in [9.17, 15) is 14.0 Å². The molecule has 1 heterocycles. The van der Waals surface area contributed by atoms with Crippen molar-refractivity contribution in [3.05, 3.63) is 59.4 Å². The Kier molecular flexibility index (Phi) is 2.72. The summed E-state index contributed by atoms with van der Waals surface area (Å²) >= 11 is 0. The molecular formula is C17H12FNO4. The van der Waals surface area contributed by atoms with Crippen LogP contribution in [0.15, 0.2) is 42.5 Å². The molecular weight excluding hydrogens is 301 g/mol. The van der Waals surface area contributed by atoms with Crippen molar-refractivity contribution >= 4 is 17.7 Å². The summed E-state index contributed by atoms with van der Waals surface area (Å²) in [6.45, 7) is 0. The van der Waals surface area contributed by atoms with E-state index in [1.54, 1.807) is 24.3 Å². The number of anilines is 1. The van der Waals surface area contributed by atoms with Gasteiger partial charge in [-0.2, -0.15) is 0 Å². The fourth-order valence-corrected chi connectivity index (χ4v) is 3.43. The lowest BCUT2D eigenvalue weighted by Crippen LogP contribution is -2.21. The first-order chi connectivity index (χ1) is 11.0. The minimum Gasteiger partial charge on any atom is -0.449 e. The number of hydrogen-bond acceptors (Lipinski definition) is 3. The second-order valence-corrected chi connectivity index (χ2v) is 5.81. The number of benzene rings is 2. The molecule has 23 heavy (non-hydrogen) atoms. The number of fused-ring (bicyclic) bond motifs is 2. The van der Waals surface area contributed by atoms with E-state index in [4.69, 9.17) is 5.11 Å². The van der Waals surface area contributed by atoms with E-state index < -0.39 is 11.6 Å². The van der Waals surface area contributed by atoms with Crippen LogP contribution >= 0.6 is 0 Å². The number of nitrogens with one attached hydrogen (secondary N) is 1. The summed E-state index contributed by atoms with van der Waals surface area (Å²) in [6, 6.07) is 10.8. The molecule has 1 fully saturated rings. The van der Waals surface area contributed by atoms with Crippen LogP contribution in [0, 0.1) is 5.82 Å². The fraction of sp³-hybridized carbons (Fsp3) is 0.176. The molecule has 5 nitrogen and oxygen atoms in total. The highest BCUT2D eigenvalue weighted by Crippen LogP contribution is 2.65. The molecule has 1 amide bonds. The van der Waals surface area contributed by atoms with Crippen molar-refractivity contribution < 1.29 is 23.8 Å². The molecule has 0 bridgehead atoms. The Morgan fingerprint density at radius 3 is 2.70 bits per heavy atom. The molecule has 2 aromatic carbocycles. The van der Waals surface area contributed by atoms with Crippen LogP contribution in [0.3, 0.4) is 0 Å². The van der Waals surface area contributed by atoms with Crippen molar-refractivity contribution in [2.24, 2.45) is 0 Å². The molecule has 116 valence electrons. The molecule has 1 aliphatic heterocycles. The largest absolute Gasteiger partial charge is 0.511 e. The van der Waals surface area contributed by atoms with Crippen molar-refractivity contribution in [2.75, 3.05) is 5.32 Å². The average molecular weight is 313 g/mol. The Morgan fingerprint density at radius 1 is 1.26 bits per heavy atom. The Bertz CT molecular complexity index is 833. The van der Waals surface area contributed by atoms with Gasteiger partial charge in [0.1, 0.15) is 11.6 Å². The van der Waals surface area contributed by atoms with Gasteiger partial charge in [0.15, 0.2) is 0 Å². The van der Waals surface area contributed by atoms with Crippen LogP contribution in [0.25, 0.3) is 0 Å². The number of carbonyl (C=O) groups excluding carboxylic acids is 1. The minimum absolute atomic E-state index is 0.0515. The number of hydrogen-bond donors (Lipinski definition) is 2. The van der Waals surface area contributed by atoms with Gasteiger partial charge >= 0.3 is 6.16 Å². The number of amides is 1. The van der Waals surface area contributed by atoms with Crippen molar-refractivity contribution in [3.8, 4) is 5.75 Å². The molecule has 2 aliphatic rings. The van der Waals surface area contributed by atoms with E-state index in [1.165, 1.54) is 18.2 Å². The summed E-state index contributed by atoms with van der Waals surface area (Å²) in [5.41, 5.74) is 1.57. The Labute approximate surface area is 130 Å². The van der Waals surface area contributed by atoms with Crippen molar-refractivity contribution in [3.63, 3.8) is 0 Å². The van der Waals surface area contributed by atoms with Gasteiger partial charge in [0.25, 0.3) is 0 Å². The van der Waals surface area contributed by atoms with Crippen LogP contribution in [0.2, 0.25) is 0 Å². The van der Waals surface area contributed by atoms with Crippen LogP contribution in [0.1, 0.15) is 23.5 Å². The van der Waals surface area contributed by atoms with Crippen LogP contribution in [0.5, 0.6) is 5.75 Å². The zero-order valence-corrected chi connectivity index (χ0v) is 11.9. The average Bonchev–Trinajstić information content (AvgIpc) is 3.19. The van der Waals surface area contributed by atoms with Crippen LogP contribution in [-0.4, -0.2) is 17.2 Å². The third kappa shape index (κ3) is 1.98. The van der Waals surface area contributed by atoms with Crippen molar-refractivity contribution in [1.82, 2.24) is 0 Å². The van der Waals surface area contributed by atoms with Gasteiger partial charge < -0.3 is 15.2 Å². The van der Waals surface area contributed by atoms with Crippen LogP contribution < -0.4 is 10.1 Å². The third-order valence-corrected chi connectivity index (χ3v) is 4.56.